The Morgan fingerprint density at radius 1 is 0.438 bits per heavy atom. The van der Waals surface area contributed by atoms with Crippen LogP contribution in [0.1, 0.15) is 121 Å². The minimum Gasteiger partial charge on any atom is -0.508 e. The van der Waals surface area contributed by atoms with Gasteiger partial charge in [-0.1, -0.05) is 175 Å². The van der Waals surface area contributed by atoms with Crippen LogP contribution in [-0.4, -0.2) is 179 Å². The summed E-state index contributed by atoms with van der Waals surface area (Å²) in [5, 5.41) is 33.6. The highest BCUT2D eigenvalue weighted by molar-refractivity contribution is 14.0. The smallest absolute Gasteiger partial charge is 0.407 e. The predicted molar refractivity (Wildman–Crippen MR) is 517 cm³/mol. The van der Waals surface area contributed by atoms with Crippen LogP contribution < -0.4 is 109 Å². The molecule has 708 valence electrons. The number of nitrogens with one attached hydrogen (secondary N) is 8. The topological polar surface area (TPSA) is 686 Å². The summed E-state index contributed by atoms with van der Waals surface area (Å²) in [4.78, 5) is 141. The van der Waals surface area contributed by atoms with Crippen molar-refractivity contribution in [2.75, 3.05) is 100 Å². The number of amidine groups is 1. The molecule has 0 bridgehead atoms. The van der Waals surface area contributed by atoms with Gasteiger partial charge in [-0.2, -0.15) is 0 Å². The predicted octanol–water partition coefficient (Wildman–Crippen LogP) is 6.93. The molecule has 0 atom stereocenters. The maximum absolute atomic E-state index is 12.2. The summed E-state index contributed by atoms with van der Waals surface area (Å²) in [6.45, 7) is 1.66. The first-order chi connectivity index (χ1) is 60.7. The van der Waals surface area contributed by atoms with Crippen LogP contribution in [0.2, 0.25) is 10.3 Å². The SMILES string of the molecule is C.C.CSC(=N)NC(=O)c1nc(Cl)c(N)nc1N.I.NC(=O)CBr.NC(=O)CNC(=O)COc1ccc(CCCCN=C(N)NC(=O)c2nc(Cl)c(N)nc2N)cc1.NC(=O)CNC(=O)COc1ccc(CCCCNC(=O)OCc2ccccc2)cc1.NCCCCc1ccc(OCC(=O)NCC(N)=O)cc1.O=C(NCCCCc1ccc(O)cc1)OCc1ccccc1. The summed E-state index contributed by atoms with van der Waals surface area (Å²) in [5.74, 6) is -3.23. The first kappa shape index (κ1) is 117. The molecule has 8 aromatic rings. The van der Waals surface area contributed by atoms with Gasteiger partial charge in [-0.25, -0.2) is 29.5 Å². The number of amides is 11. The van der Waals surface area contributed by atoms with Gasteiger partial charge in [-0.05, 0) is 172 Å². The van der Waals surface area contributed by atoms with Crippen LogP contribution in [0, 0.1) is 5.41 Å². The minimum atomic E-state index is -0.694. The van der Waals surface area contributed by atoms with E-state index in [2.05, 4.69) is 83.8 Å². The standard InChI is InChI=1S/C22H27N3O5.C20H26ClN9O4.C18H21NO3.C14H21N3O3.C7H9ClN6OS.C2H4BrNO.2CH4.HI/c23-20(26)14-25-21(27)16-29-19-11-9-17(10-12-19)6-4-5-13-24-22(28)30-15-18-7-2-1-3-8-18;21-16-18(24)29-17(23)15(28-16)19(33)30-20(25)26-8-2-1-3-11-4-6-12(7-5-11)34-10-14(32)27-9-13(22)31;20-17-11-9-15(10-12-17)6-4-5-13-19-18(21)22-14-16-7-2-1-3-8-16;15-8-2-1-3-11-4-6-12(7-5-11)20-10-14(19)17-9-13(16)18;1-16-7(11)14-6(15)2-4(9)13-5(10)3(8)12-2;3-1-2(4)5;;;/h1-3,7-12H,4-6,13-16H2,(H2,23,26)(H,24,28)(H,25,27);4-7H,1-3,8-10H2,(H2,22,31)(H,27,32)(H4,23,24,29)(H3,25,26,30,33);1-3,7-12,20H,4-6,13-14H2,(H,19,21);4-7H,1-3,8-10,15H2,(H2,16,18)(H,17,19);1H3,(H4,9,10,13)(H2,11,14,15);1H2,(H2,4,5);2*1H4;1H. The molecule has 40 nitrogen and oxygen atoms in total. The fraction of sp³-hybridized carbons (Fsp3) is 0.329. The van der Waals surface area contributed by atoms with E-state index in [-0.39, 0.29) is 170 Å². The lowest BCUT2D eigenvalue weighted by atomic mass is 10.1. The van der Waals surface area contributed by atoms with Crippen LogP contribution in [-0.2, 0) is 81.9 Å². The summed E-state index contributed by atoms with van der Waals surface area (Å²) in [6, 6.07) is 48.6. The number of phenols is 1. The Labute approximate surface area is 793 Å². The van der Waals surface area contributed by atoms with Crippen LogP contribution in [0.5, 0.6) is 23.0 Å². The lowest BCUT2D eigenvalue weighted by Gasteiger charge is -2.08. The van der Waals surface area contributed by atoms with Crippen molar-refractivity contribution in [3.8, 4) is 23.0 Å². The lowest BCUT2D eigenvalue weighted by Crippen LogP contribution is -2.38. The number of aliphatic imine (C=N–C) groups is 1. The number of carbonyl (C=O) groups excluding carboxylic acids is 11. The molecule has 0 spiro atoms. The van der Waals surface area contributed by atoms with Crippen molar-refractivity contribution >= 4 is 175 Å². The van der Waals surface area contributed by atoms with E-state index in [0.717, 1.165) is 111 Å². The Morgan fingerprint density at radius 3 is 1.08 bits per heavy atom. The number of nitrogen functional groups attached to an aromatic ring is 4. The number of primary amides is 4. The average Bonchev–Trinajstić information content (AvgIpc) is 0.841. The molecule has 29 N–H and O–H groups in total. The van der Waals surface area contributed by atoms with Crippen LogP contribution in [0.25, 0.3) is 0 Å². The zero-order chi connectivity index (χ0) is 93.7. The van der Waals surface area contributed by atoms with E-state index in [1.54, 1.807) is 42.7 Å². The number of rotatable bonds is 41. The van der Waals surface area contributed by atoms with Gasteiger partial charge in [0.25, 0.3) is 29.5 Å². The van der Waals surface area contributed by atoms with E-state index >= 15 is 0 Å². The summed E-state index contributed by atoms with van der Waals surface area (Å²) in [5.41, 5.74) is 58.7. The second-order valence-corrected chi connectivity index (χ2v) is 28.5. The number of ether oxygens (including phenoxy) is 5. The number of nitrogens with zero attached hydrogens (tertiary/aromatic N) is 5. The van der Waals surface area contributed by atoms with E-state index in [0.29, 0.717) is 50.0 Å². The van der Waals surface area contributed by atoms with Gasteiger partial charge < -0.3 is 118 Å². The zero-order valence-electron chi connectivity index (χ0n) is 70.1. The molecular formula is C85H117BrCl2IN23O17S. The highest BCUT2D eigenvalue weighted by Crippen LogP contribution is 2.21. The maximum atomic E-state index is 12.2. The number of alkyl carbamates (subject to hydrolysis) is 2. The highest BCUT2D eigenvalue weighted by Gasteiger charge is 2.19. The van der Waals surface area contributed by atoms with Gasteiger partial charge in [0.15, 0.2) is 75.9 Å². The molecule has 6 aromatic carbocycles. The van der Waals surface area contributed by atoms with E-state index in [4.69, 9.17) is 104 Å². The fourth-order valence-electron chi connectivity index (χ4n) is 9.67. The van der Waals surface area contributed by atoms with Crippen molar-refractivity contribution in [3.63, 3.8) is 0 Å². The van der Waals surface area contributed by atoms with Gasteiger partial charge in [-0.15, -0.1) is 24.0 Å². The van der Waals surface area contributed by atoms with Crippen molar-refractivity contribution in [1.82, 2.24) is 57.2 Å². The zero-order valence-corrected chi connectivity index (χ0v) is 76.4. The second-order valence-electron chi connectivity index (χ2n) is 26.4. The Hall–Kier alpha value is -13.1. The summed E-state index contributed by atoms with van der Waals surface area (Å²) >= 11 is 15.3. The number of halogens is 4. The molecule has 2 aromatic heterocycles. The van der Waals surface area contributed by atoms with Crippen LogP contribution in [0.15, 0.2) is 163 Å². The third-order valence-electron chi connectivity index (χ3n) is 16.1. The molecule has 11 amide bonds. The number of aryl methyl sites for hydroxylation is 4. The Balaban J connectivity index is 0.00000160. The molecule has 0 aliphatic rings. The lowest BCUT2D eigenvalue weighted by molar-refractivity contribution is -0.126. The quantitative estimate of drug-likeness (QED) is 0.00607. The number of anilines is 4. The number of hydrogen-bond acceptors (Lipinski definition) is 29. The van der Waals surface area contributed by atoms with Gasteiger partial charge in [0.1, 0.15) is 36.2 Å². The van der Waals surface area contributed by atoms with Crippen molar-refractivity contribution in [3.05, 3.63) is 213 Å². The normalized spacial score (nSPS) is 9.99. The third kappa shape index (κ3) is 55.5. The number of aromatic hydroxyl groups is 1. The molecule has 130 heavy (non-hydrogen) atoms. The molecule has 45 heteroatoms. The first-order valence-corrected chi connectivity index (χ1v) is 42.1. The number of unbranched alkanes of at least 4 members (excludes halogenated alkanes) is 4. The van der Waals surface area contributed by atoms with E-state index in [1.807, 2.05) is 121 Å². The molecule has 0 fully saturated rings. The van der Waals surface area contributed by atoms with Crippen LogP contribution in [0.4, 0.5) is 32.9 Å². The summed E-state index contributed by atoms with van der Waals surface area (Å²) in [6.07, 6.45) is 11.6. The number of benzene rings is 6. The largest absolute Gasteiger partial charge is 0.508 e. The van der Waals surface area contributed by atoms with Gasteiger partial charge in [0, 0.05) is 19.6 Å². The van der Waals surface area contributed by atoms with Crippen molar-refractivity contribution in [2.45, 2.75) is 105 Å². The molecule has 0 aliphatic carbocycles. The number of alkyl halides is 1. The molecule has 0 aliphatic heterocycles. The highest BCUT2D eigenvalue weighted by atomic mass is 127. The molecule has 0 saturated carbocycles. The van der Waals surface area contributed by atoms with E-state index in [9.17, 15) is 57.8 Å². The van der Waals surface area contributed by atoms with Gasteiger partial charge >= 0.3 is 12.2 Å². The number of phenolic OH excluding ortho intramolecular Hbond substituents is 1. The van der Waals surface area contributed by atoms with E-state index in [1.165, 1.54) is 11.1 Å². The van der Waals surface area contributed by atoms with Crippen LogP contribution in [0.3, 0.4) is 0 Å². The summed E-state index contributed by atoms with van der Waals surface area (Å²) < 4.78 is 26.3. The average molecular weight is 2040 g/mol. The number of guanidine groups is 1. The molecule has 2 heterocycles. The number of nitrogens with two attached hydrogens (primary N) is 10. The fourth-order valence-corrected chi connectivity index (χ4v) is 10.1. The Morgan fingerprint density at radius 2 is 0.762 bits per heavy atom. The summed E-state index contributed by atoms with van der Waals surface area (Å²) in [7, 11) is 0. The number of thioether (sulfide) groups is 1. The van der Waals surface area contributed by atoms with Gasteiger partial charge in [-0.3, -0.25) is 58.9 Å². The molecule has 8 rings (SSSR count). The Bertz CT molecular complexity index is 4810. The molecule has 0 radical (unpaired) electrons. The van der Waals surface area contributed by atoms with Crippen molar-refractivity contribution in [2.24, 2.45) is 39.4 Å². The maximum Gasteiger partial charge on any atom is 0.407 e. The Kier molecular flexibility index (Phi) is 62.0. The molecule has 0 saturated heterocycles. The first-order valence-electron chi connectivity index (χ1n) is 39.0. The second kappa shape index (κ2) is 69.0. The van der Waals surface area contributed by atoms with Crippen molar-refractivity contribution < 1.29 is 81.5 Å². The minimum absolute atomic E-state index is 0. The van der Waals surface area contributed by atoms with Gasteiger partial charge in [0.2, 0.25) is 23.6 Å². The number of hydrogen-bond donors (Lipinski definition) is 19. The van der Waals surface area contributed by atoms with Crippen molar-refractivity contribution in [1.29, 1.82) is 5.41 Å². The van der Waals surface area contributed by atoms with Gasteiger partial charge in [0.05, 0.1) is 25.0 Å². The molecular weight excluding hydrogens is 1920 g/mol. The van der Waals surface area contributed by atoms with E-state index < -0.39 is 47.4 Å². The number of carbonyl (C=O) groups is 11. The monoisotopic (exact) mass is 2040 g/mol. The van der Waals surface area contributed by atoms with Crippen LogP contribution >= 0.6 is 74.9 Å². The number of aromatic nitrogens is 4. The third-order valence-corrected chi connectivity index (χ3v) is 17.7. The molecule has 0 unspecified atom stereocenters.